The van der Waals surface area contributed by atoms with Gasteiger partial charge in [-0.05, 0) is 43.7 Å². The molecule has 1 N–H and O–H groups in total. The van der Waals surface area contributed by atoms with Crippen molar-refractivity contribution in [3.05, 3.63) is 29.6 Å². The maximum Gasteiger partial charge on any atom is 0.308 e. The van der Waals surface area contributed by atoms with E-state index in [1.54, 1.807) is 0 Å². The summed E-state index contributed by atoms with van der Waals surface area (Å²) in [5, 5.41) is 9.16. The lowest BCUT2D eigenvalue weighted by molar-refractivity contribution is -0.146. The molecule has 0 unspecified atom stereocenters. The number of aliphatic hydroxyl groups is 1. The standard InChI is InChI=1S/C16H23NO3/c1-11(15-5-3-4-14(10-18)17-15)12-6-8-13(9-7-12)16(19)20-2/h3-5,11-13,18H,6-10H2,1-2H3/t11-,12-,13-/m0/s1. The predicted octanol–water partition coefficient (Wildman–Crippen LogP) is 2.66. The average Bonchev–Trinajstić information content (AvgIpc) is 2.53. The van der Waals surface area contributed by atoms with E-state index in [2.05, 4.69) is 11.9 Å². The fourth-order valence-corrected chi connectivity index (χ4v) is 3.10. The number of carbonyl (C=O) groups excluding carboxylic acids is 1. The molecule has 2 rings (SSSR count). The Labute approximate surface area is 120 Å². The minimum Gasteiger partial charge on any atom is -0.469 e. The number of aromatic nitrogens is 1. The SMILES string of the molecule is COC(=O)[C@H]1CC[C@H]([C@H](C)c2cccc(CO)n2)CC1. The van der Waals surface area contributed by atoms with Gasteiger partial charge in [0, 0.05) is 11.6 Å². The molecule has 0 spiro atoms. The molecule has 0 aliphatic heterocycles. The topological polar surface area (TPSA) is 59.4 Å². The van der Waals surface area contributed by atoms with E-state index >= 15 is 0 Å². The van der Waals surface area contributed by atoms with E-state index in [0.717, 1.165) is 37.1 Å². The highest BCUT2D eigenvalue weighted by Gasteiger charge is 2.30. The Morgan fingerprint density at radius 2 is 2.10 bits per heavy atom. The van der Waals surface area contributed by atoms with Crippen molar-refractivity contribution in [3.63, 3.8) is 0 Å². The second-order valence-electron chi connectivity index (χ2n) is 5.64. The highest BCUT2D eigenvalue weighted by molar-refractivity contribution is 5.72. The maximum absolute atomic E-state index is 11.5. The molecule has 4 heteroatoms. The fraction of sp³-hybridized carbons (Fsp3) is 0.625. The minimum absolute atomic E-state index is 0.0182. The van der Waals surface area contributed by atoms with Crippen LogP contribution in [0.1, 0.15) is 49.9 Å². The van der Waals surface area contributed by atoms with Crippen LogP contribution in [0.3, 0.4) is 0 Å². The summed E-state index contributed by atoms with van der Waals surface area (Å²) in [6.45, 7) is 2.17. The van der Waals surface area contributed by atoms with Crippen molar-refractivity contribution in [2.24, 2.45) is 11.8 Å². The van der Waals surface area contributed by atoms with Crippen LogP contribution in [0.4, 0.5) is 0 Å². The average molecular weight is 277 g/mol. The maximum atomic E-state index is 11.5. The summed E-state index contributed by atoms with van der Waals surface area (Å²) in [7, 11) is 1.46. The summed E-state index contributed by atoms with van der Waals surface area (Å²) in [6, 6.07) is 5.81. The predicted molar refractivity (Wildman–Crippen MR) is 76.0 cm³/mol. The van der Waals surface area contributed by atoms with Gasteiger partial charge >= 0.3 is 5.97 Å². The molecule has 1 aliphatic rings. The Morgan fingerprint density at radius 1 is 1.40 bits per heavy atom. The van der Waals surface area contributed by atoms with Crippen molar-refractivity contribution in [2.45, 2.75) is 45.1 Å². The van der Waals surface area contributed by atoms with Crippen LogP contribution in [0.2, 0.25) is 0 Å². The van der Waals surface area contributed by atoms with Crippen LogP contribution in [-0.4, -0.2) is 23.2 Å². The molecular weight excluding hydrogens is 254 g/mol. The normalized spacial score (nSPS) is 24.1. The number of pyridine rings is 1. The third kappa shape index (κ3) is 3.37. The lowest BCUT2D eigenvalue weighted by Crippen LogP contribution is -2.25. The van der Waals surface area contributed by atoms with Gasteiger partial charge < -0.3 is 9.84 Å². The number of methoxy groups -OCH3 is 1. The molecule has 0 radical (unpaired) electrons. The molecule has 0 aromatic carbocycles. The van der Waals surface area contributed by atoms with Gasteiger partial charge in [-0.2, -0.15) is 0 Å². The zero-order valence-corrected chi connectivity index (χ0v) is 12.2. The van der Waals surface area contributed by atoms with Crippen molar-refractivity contribution in [1.82, 2.24) is 4.98 Å². The van der Waals surface area contributed by atoms with Crippen LogP contribution >= 0.6 is 0 Å². The largest absolute Gasteiger partial charge is 0.469 e. The molecule has 4 nitrogen and oxygen atoms in total. The van der Waals surface area contributed by atoms with Crippen molar-refractivity contribution < 1.29 is 14.6 Å². The second-order valence-corrected chi connectivity index (χ2v) is 5.64. The van der Waals surface area contributed by atoms with Crippen LogP contribution in [0.5, 0.6) is 0 Å². The summed E-state index contributed by atoms with van der Waals surface area (Å²) in [5.41, 5.74) is 1.76. The van der Waals surface area contributed by atoms with Crippen LogP contribution in [-0.2, 0) is 16.1 Å². The fourth-order valence-electron chi connectivity index (χ4n) is 3.10. The zero-order chi connectivity index (χ0) is 14.5. The molecule has 1 heterocycles. The Balaban J connectivity index is 1.97. The molecule has 0 bridgehead atoms. The van der Waals surface area contributed by atoms with Gasteiger partial charge in [-0.1, -0.05) is 13.0 Å². The van der Waals surface area contributed by atoms with Gasteiger partial charge in [0.15, 0.2) is 0 Å². The molecule has 110 valence electrons. The van der Waals surface area contributed by atoms with E-state index in [1.165, 1.54) is 7.11 Å². The van der Waals surface area contributed by atoms with Gasteiger partial charge in [-0.3, -0.25) is 9.78 Å². The van der Waals surface area contributed by atoms with Crippen LogP contribution < -0.4 is 0 Å². The first-order valence-electron chi connectivity index (χ1n) is 7.30. The van der Waals surface area contributed by atoms with E-state index in [-0.39, 0.29) is 18.5 Å². The van der Waals surface area contributed by atoms with E-state index < -0.39 is 0 Å². The first-order valence-corrected chi connectivity index (χ1v) is 7.30. The Kier molecular flexibility index (Phi) is 5.12. The molecule has 1 aromatic rings. The third-order valence-electron chi connectivity index (χ3n) is 4.47. The van der Waals surface area contributed by atoms with Gasteiger partial charge in [0.1, 0.15) is 0 Å². The first-order chi connectivity index (χ1) is 9.65. The smallest absolute Gasteiger partial charge is 0.308 e. The summed E-state index contributed by atoms with van der Waals surface area (Å²) < 4.78 is 4.82. The molecule has 0 amide bonds. The quantitative estimate of drug-likeness (QED) is 0.860. The molecule has 1 atom stereocenters. The number of nitrogens with zero attached hydrogens (tertiary/aromatic N) is 1. The van der Waals surface area contributed by atoms with Crippen LogP contribution in [0, 0.1) is 11.8 Å². The Bertz CT molecular complexity index is 453. The minimum atomic E-state index is -0.0727. The molecule has 0 saturated heterocycles. The second kappa shape index (κ2) is 6.84. The van der Waals surface area contributed by atoms with Gasteiger partial charge in [0.25, 0.3) is 0 Å². The highest BCUT2D eigenvalue weighted by Crippen LogP contribution is 2.37. The molecule has 1 saturated carbocycles. The number of hydrogen-bond acceptors (Lipinski definition) is 4. The highest BCUT2D eigenvalue weighted by atomic mass is 16.5. The van der Waals surface area contributed by atoms with Crippen molar-refractivity contribution in [1.29, 1.82) is 0 Å². The number of esters is 1. The lowest BCUT2D eigenvalue weighted by Gasteiger charge is -2.31. The number of carbonyl (C=O) groups is 1. The van der Waals surface area contributed by atoms with Crippen molar-refractivity contribution in [3.8, 4) is 0 Å². The summed E-state index contributed by atoms with van der Waals surface area (Å²) in [4.78, 5) is 16.0. The van der Waals surface area contributed by atoms with E-state index in [0.29, 0.717) is 11.8 Å². The third-order valence-corrected chi connectivity index (χ3v) is 4.47. The van der Waals surface area contributed by atoms with Crippen molar-refractivity contribution in [2.75, 3.05) is 7.11 Å². The van der Waals surface area contributed by atoms with Crippen LogP contribution in [0.15, 0.2) is 18.2 Å². The first kappa shape index (κ1) is 15.0. The molecule has 1 fully saturated rings. The zero-order valence-electron chi connectivity index (χ0n) is 12.2. The Hall–Kier alpha value is -1.42. The van der Waals surface area contributed by atoms with Gasteiger partial charge in [0.05, 0.1) is 25.3 Å². The monoisotopic (exact) mass is 277 g/mol. The molecular formula is C16H23NO3. The summed E-state index contributed by atoms with van der Waals surface area (Å²) in [5.74, 6) is 0.911. The van der Waals surface area contributed by atoms with E-state index in [4.69, 9.17) is 9.84 Å². The van der Waals surface area contributed by atoms with Crippen molar-refractivity contribution >= 4 is 5.97 Å². The summed E-state index contributed by atoms with van der Waals surface area (Å²) in [6.07, 6.45) is 3.88. The van der Waals surface area contributed by atoms with Gasteiger partial charge in [0.2, 0.25) is 0 Å². The van der Waals surface area contributed by atoms with Gasteiger partial charge in [-0.25, -0.2) is 0 Å². The Morgan fingerprint density at radius 3 is 2.70 bits per heavy atom. The number of aliphatic hydroxyl groups excluding tert-OH is 1. The number of hydrogen-bond donors (Lipinski definition) is 1. The number of rotatable bonds is 4. The van der Waals surface area contributed by atoms with Gasteiger partial charge in [-0.15, -0.1) is 0 Å². The lowest BCUT2D eigenvalue weighted by atomic mass is 9.75. The van der Waals surface area contributed by atoms with E-state index in [9.17, 15) is 4.79 Å². The molecule has 1 aliphatic carbocycles. The van der Waals surface area contributed by atoms with E-state index in [1.807, 2.05) is 18.2 Å². The molecule has 20 heavy (non-hydrogen) atoms. The molecule has 1 aromatic heterocycles. The van der Waals surface area contributed by atoms with Crippen LogP contribution in [0.25, 0.3) is 0 Å². The number of ether oxygens (including phenoxy) is 1. The summed E-state index contributed by atoms with van der Waals surface area (Å²) >= 11 is 0.